The highest BCUT2D eigenvalue weighted by Gasteiger charge is 2.48. The predicted octanol–water partition coefficient (Wildman–Crippen LogP) is 4.20. The van der Waals surface area contributed by atoms with Gasteiger partial charge in [0.05, 0.1) is 24.2 Å². The van der Waals surface area contributed by atoms with Gasteiger partial charge in [-0.1, -0.05) is 11.6 Å². The Morgan fingerprint density at radius 2 is 2.00 bits per heavy atom. The first-order chi connectivity index (χ1) is 14.5. The number of ether oxygens (including phenoxy) is 1. The zero-order valence-electron chi connectivity index (χ0n) is 16.4. The Kier molecular flexibility index (Phi) is 4.81. The number of aromatic amines is 1. The number of hydrogen-bond donors (Lipinski definition) is 2. The molecule has 30 heavy (non-hydrogen) atoms. The van der Waals surface area contributed by atoms with Gasteiger partial charge in [0.25, 0.3) is 0 Å². The Morgan fingerprint density at radius 3 is 2.77 bits per heavy atom. The number of hydrogen-bond acceptors (Lipinski definition) is 6. The van der Waals surface area contributed by atoms with E-state index in [1.165, 1.54) is 7.11 Å². The van der Waals surface area contributed by atoms with Crippen molar-refractivity contribution < 1.29 is 13.9 Å². The largest absolute Gasteiger partial charge is 0.469 e. The van der Waals surface area contributed by atoms with E-state index in [1.807, 2.05) is 0 Å². The smallest absolute Gasteiger partial charge is 0.311 e. The number of nitrogens with zero attached hydrogens (tertiary/aromatic N) is 3. The highest BCUT2D eigenvalue weighted by atomic mass is 35.5. The highest BCUT2D eigenvalue weighted by molar-refractivity contribution is 6.31. The molecule has 2 N–H and O–H groups in total. The standard InChI is InChI=1S/C21H21ClFN5O2/c1-30-21(29)16-10-2-4-11(5-3-10)17(16)27-20-15(23)9-26-19(28-20)14-8-25-18-13(14)6-12(22)7-24-18/h6-11,16-17H,2-5H2,1H3,(H,24,25)(H,26,27,28)/t10?,11?,16-,17+/m1/s1. The fraction of sp³-hybridized carbons (Fsp3) is 0.429. The lowest BCUT2D eigenvalue weighted by molar-refractivity contribution is -0.152. The van der Waals surface area contributed by atoms with Crippen LogP contribution < -0.4 is 5.32 Å². The van der Waals surface area contributed by atoms with Gasteiger partial charge in [0.1, 0.15) is 5.65 Å². The van der Waals surface area contributed by atoms with Crippen molar-refractivity contribution in [1.82, 2.24) is 19.9 Å². The van der Waals surface area contributed by atoms with Crippen molar-refractivity contribution in [3.8, 4) is 11.4 Å². The maximum atomic E-state index is 14.7. The Morgan fingerprint density at radius 1 is 1.23 bits per heavy atom. The van der Waals surface area contributed by atoms with Crippen molar-refractivity contribution in [3.05, 3.63) is 35.5 Å². The third-order valence-corrected chi connectivity index (χ3v) is 6.69. The van der Waals surface area contributed by atoms with Crippen LogP contribution in [0.1, 0.15) is 25.7 Å². The lowest BCUT2D eigenvalue weighted by Crippen LogP contribution is -2.52. The fourth-order valence-corrected chi connectivity index (χ4v) is 5.21. The van der Waals surface area contributed by atoms with Crippen LogP contribution in [-0.4, -0.2) is 39.1 Å². The van der Waals surface area contributed by atoms with E-state index in [0.717, 1.165) is 37.3 Å². The SMILES string of the molecule is COC(=O)[C@@H]1C2CCC(CC2)[C@@H]1Nc1nc(-c2c[nH]c3ncc(Cl)cc23)ncc1F. The molecule has 2 bridgehead atoms. The molecule has 0 aliphatic heterocycles. The van der Waals surface area contributed by atoms with Gasteiger partial charge in [0, 0.05) is 29.4 Å². The number of fused-ring (bicyclic) bond motifs is 4. The topological polar surface area (TPSA) is 92.8 Å². The molecule has 3 aliphatic carbocycles. The minimum atomic E-state index is -0.556. The molecule has 7 nitrogen and oxygen atoms in total. The van der Waals surface area contributed by atoms with Crippen molar-refractivity contribution in [2.24, 2.45) is 17.8 Å². The van der Waals surface area contributed by atoms with E-state index < -0.39 is 5.82 Å². The number of pyridine rings is 1. The summed E-state index contributed by atoms with van der Waals surface area (Å²) in [5.74, 6) is -0.107. The molecule has 3 saturated carbocycles. The van der Waals surface area contributed by atoms with Crippen LogP contribution in [0.5, 0.6) is 0 Å². The molecule has 0 amide bonds. The predicted molar refractivity (Wildman–Crippen MR) is 110 cm³/mol. The maximum absolute atomic E-state index is 14.7. The number of carbonyl (C=O) groups excluding carboxylic acids is 1. The van der Waals surface area contributed by atoms with Crippen molar-refractivity contribution in [1.29, 1.82) is 0 Å². The van der Waals surface area contributed by atoms with Crippen LogP contribution in [0.3, 0.4) is 0 Å². The average molecular weight is 430 g/mol. The molecule has 0 spiro atoms. The maximum Gasteiger partial charge on any atom is 0.311 e. The average Bonchev–Trinajstić information content (AvgIpc) is 3.18. The summed E-state index contributed by atoms with van der Waals surface area (Å²) >= 11 is 6.08. The van der Waals surface area contributed by atoms with E-state index in [9.17, 15) is 9.18 Å². The van der Waals surface area contributed by atoms with Gasteiger partial charge in [-0.2, -0.15) is 0 Å². The van der Waals surface area contributed by atoms with Gasteiger partial charge in [-0.3, -0.25) is 4.79 Å². The van der Waals surface area contributed by atoms with Gasteiger partial charge < -0.3 is 15.0 Å². The second kappa shape index (κ2) is 7.50. The Labute approximate surface area is 177 Å². The minimum absolute atomic E-state index is 0.0933. The van der Waals surface area contributed by atoms with Gasteiger partial charge >= 0.3 is 5.97 Å². The normalized spacial score (nSPS) is 25.4. The summed E-state index contributed by atoms with van der Waals surface area (Å²) in [7, 11) is 1.40. The number of H-pyrrole nitrogens is 1. The van der Waals surface area contributed by atoms with Gasteiger partial charge in [-0.15, -0.1) is 0 Å². The van der Waals surface area contributed by atoms with Crippen molar-refractivity contribution in [2.75, 3.05) is 12.4 Å². The molecule has 9 heteroatoms. The van der Waals surface area contributed by atoms with E-state index in [2.05, 4.69) is 25.3 Å². The van der Waals surface area contributed by atoms with Crippen molar-refractivity contribution in [2.45, 2.75) is 31.7 Å². The molecule has 0 saturated heterocycles. The quantitative estimate of drug-likeness (QED) is 0.604. The second-order valence-electron chi connectivity index (χ2n) is 8.04. The molecule has 3 aromatic rings. The van der Waals surface area contributed by atoms with E-state index in [0.29, 0.717) is 22.1 Å². The number of aromatic nitrogens is 4. The van der Waals surface area contributed by atoms with E-state index in [4.69, 9.17) is 16.3 Å². The number of nitrogens with one attached hydrogen (secondary N) is 2. The Bertz CT molecular complexity index is 1110. The van der Waals surface area contributed by atoms with E-state index in [-0.39, 0.29) is 35.6 Å². The summed E-state index contributed by atoms with van der Waals surface area (Å²) in [5, 5.41) is 4.47. The van der Waals surface area contributed by atoms with Crippen LogP contribution in [0.2, 0.25) is 5.02 Å². The summed E-state index contributed by atoms with van der Waals surface area (Å²) in [5.41, 5.74) is 1.32. The number of anilines is 1. The van der Waals surface area contributed by atoms with Gasteiger partial charge in [0.2, 0.25) is 0 Å². The summed E-state index contributed by atoms with van der Waals surface area (Å²) in [6, 6.07) is 1.56. The number of halogens is 2. The monoisotopic (exact) mass is 429 g/mol. The summed E-state index contributed by atoms with van der Waals surface area (Å²) in [6.07, 6.45) is 8.46. The van der Waals surface area contributed by atoms with Crippen LogP contribution in [0.15, 0.2) is 24.7 Å². The molecular formula is C21H21ClFN5O2. The van der Waals surface area contributed by atoms with Gasteiger partial charge in [-0.05, 0) is 43.6 Å². The molecule has 0 unspecified atom stereocenters. The lowest BCUT2D eigenvalue weighted by atomic mass is 9.61. The highest BCUT2D eigenvalue weighted by Crippen LogP contribution is 2.46. The lowest BCUT2D eigenvalue weighted by Gasteiger charge is -2.47. The molecule has 3 aliphatic rings. The van der Waals surface area contributed by atoms with E-state index in [1.54, 1.807) is 18.5 Å². The molecule has 0 radical (unpaired) electrons. The van der Waals surface area contributed by atoms with Crippen LogP contribution in [0.4, 0.5) is 10.2 Å². The molecule has 156 valence electrons. The van der Waals surface area contributed by atoms with E-state index >= 15 is 0 Å². The summed E-state index contributed by atoms with van der Waals surface area (Å²) in [4.78, 5) is 28.4. The minimum Gasteiger partial charge on any atom is -0.469 e. The number of rotatable bonds is 4. The molecule has 0 aromatic carbocycles. The zero-order chi connectivity index (χ0) is 20.8. The molecule has 6 rings (SSSR count). The first-order valence-electron chi connectivity index (χ1n) is 10.0. The van der Waals surface area contributed by atoms with Crippen LogP contribution in [0.25, 0.3) is 22.4 Å². The number of methoxy groups -OCH3 is 1. The molecule has 3 aromatic heterocycles. The molecule has 3 heterocycles. The van der Waals surface area contributed by atoms with Crippen LogP contribution in [0, 0.1) is 23.6 Å². The van der Waals surface area contributed by atoms with Crippen LogP contribution in [-0.2, 0) is 9.53 Å². The van der Waals surface area contributed by atoms with Crippen molar-refractivity contribution >= 4 is 34.4 Å². The van der Waals surface area contributed by atoms with Gasteiger partial charge in [-0.25, -0.2) is 19.3 Å². The first kappa shape index (κ1) is 19.2. The second-order valence-corrected chi connectivity index (χ2v) is 8.47. The van der Waals surface area contributed by atoms with Gasteiger partial charge in [0.15, 0.2) is 17.5 Å². The van der Waals surface area contributed by atoms with Crippen LogP contribution >= 0.6 is 11.6 Å². The molecule has 3 fully saturated rings. The zero-order valence-corrected chi connectivity index (χ0v) is 17.1. The Balaban J connectivity index is 1.50. The summed E-state index contributed by atoms with van der Waals surface area (Å²) < 4.78 is 19.7. The van der Waals surface area contributed by atoms with Crippen molar-refractivity contribution in [3.63, 3.8) is 0 Å². The number of esters is 1. The summed E-state index contributed by atoms with van der Waals surface area (Å²) in [6.45, 7) is 0. The first-order valence-corrected chi connectivity index (χ1v) is 10.4. The third kappa shape index (κ3) is 3.19. The fourth-order valence-electron chi connectivity index (χ4n) is 5.05. The molecular weight excluding hydrogens is 409 g/mol. The number of carbonyl (C=O) groups is 1. The molecule has 2 atom stereocenters. The Hall–Kier alpha value is -2.74. The third-order valence-electron chi connectivity index (χ3n) is 6.48.